The predicted molar refractivity (Wildman–Crippen MR) is 88.9 cm³/mol. The van der Waals surface area contributed by atoms with Gasteiger partial charge < -0.3 is 9.72 Å². The van der Waals surface area contributed by atoms with Crippen LogP contribution in [0, 0.1) is 11.3 Å². The van der Waals surface area contributed by atoms with E-state index in [0.29, 0.717) is 23.0 Å². The highest BCUT2D eigenvalue weighted by atomic mass is 35.5. The smallest absolute Gasteiger partial charge is 0.316 e. The summed E-state index contributed by atoms with van der Waals surface area (Å²) in [5.41, 5.74) is 2.96. The van der Waals surface area contributed by atoms with Gasteiger partial charge in [-0.25, -0.2) is 15.0 Å². The van der Waals surface area contributed by atoms with Gasteiger partial charge in [-0.2, -0.15) is 5.26 Å². The zero-order valence-electron chi connectivity index (χ0n) is 12.9. The molecule has 3 rings (SSSR count). The van der Waals surface area contributed by atoms with Crippen molar-refractivity contribution in [3.8, 4) is 12.1 Å². The molecule has 0 fully saturated rings. The largest absolute Gasteiger partial charge is 0.467 e. The lowest BCUT2D eigenvalue weighted by atomic mass is 9.88. The van der Waals surface area contributed by atoms with Gasteiger partial charge in [0.2, 0.25) is 0 Å². The van der Waals surface area contributed by atoms with Crippen LogP contribution in [0.25, 0.3) is 0 Å². The van der Waals surface area contributed by atoms with Gasteiger partial charge >= 0.3 is 6.01 Å². The second-order valence-electron chi connectivity index (χ2n) is 5.11. The summed E-state index contributed by atoms with van der Waals surface area (Å²) in [5, 5.41) is 9.92. The van der Waals surface area contributed by atoms with Crippen LogP contribution in [0.1, 0.15) is 28.4 Å². The van der Waals surface area contributed by atoms with Crippen LogP contribution in [0.4, 0.5) is 0 Å². The molecule has 0 spiro atoms. The fourth-order valence-corrected chi connectivity index (χ4v) is 2.82. The van der Waals surface area contributed by atoms with Crippen LogP contribution < -0.4 is 4.74 Å². The minimum Gasteiger partial charge on any atom is -0.467 e. The number of imidazole rings is 1. The molecule has 1 aromatic carbocycles. The van der Waals surface area contributed by atoms with Crippen LogP contribution in [0.15, 0.2) is 43.0 Å². The van der Waals surface area contributed by atoms with E-state index in [1.165, 1.54) is 7.11 Å². The fraction of sp³-hybridized carbons (Fsp3) is 0.176. The Bertz CT molecular complexity index is 873. The molecule has 2 heterocycles. The number of methoxy groups -OCH3 is 1. The Morgan fingerprint density at radius 3 is 2.96 bits per heavy atom. The Morgan fingerprint density at radius 1 is 1.38 bits per heavy atom. The third kappa shape index (κ3) is 3.21. The van der Waals surface area contributed by atoms with Gasteiger partial charge in [-0.3, -0.25) is 0 Å². The summed E-state index contributed by atoms with van der Waals surface area (Å²) in [6.07, 6.45) is 5.55. The second kappa shape index (κ2) is 7.11. The Morgan fingerprint density at radius 2 is 2.25 bits per heavy atom. The maximum absolute atomic E-state index is 9.49. The van der Waals surface area contributed by atoms with Crippen molar-refractivity contribution in [3.63, 3.8) is 0 Å². The molecule has 2 aromatic heterocycles. The van der Waals surface area contributed by atoms with Crippen LogP contribution >= 0.6 is 11.6 Å². The lowest BCUT2D eigenvalue weighted by Gasteiger charge is -2.17. The van der Waals surface area contributed by atoms with Crippen molar-refractivity contribution in [2.24, 2.45) is 0 Å². The van der Waals surface area contributed by atoms with E-state index >= 15 is 0 Å². The first-order valence-electron chi connectivity index (χ1n) is 7.25. The van der Waals surface area contributed by atoms with Gasteiger partial charge in [0, 0.05) is 36.1 Å². The van der Waals surface area contributed by atoms with E-state index in [1.807, 2.05) is 18.2 Å². The molecule has 6 nitrogen and oxygen atoms in total. The van der Waals surface area contributed by atoms with Crippen molar-refractivity contribution in [2.45, 2.75) is 12.3 Å². The van der Waals surface area contributed by atoms with Crippen molar-refractivity contribution >= 4 is 11.6 Å². The number of aromatic nitrogens is 4. The monoisotopic (exact) mass is 339 g/mol. The predicted octanol–water partition coefficient (Wildman–Crippen LogP) is 3.11. The minimum absolute atomic E-state index is 0.138. The number of rotatable bonds is 5. The first-order valence-corrected chi connectivity index (χ1v) is 7.63. The van der Waals surface area contributed by atoms with Gasteiger partial charge in [0.1, 0.15) is 6.07 Å². The van der Waals surface area contributed by atoms with Crippen molar-refractivity contribution < 1.29 is 4.74 Å². The molecule has 0 saturated heterocycles. The Balaban J connectivity index is 2.06. The van der Waals surface area contributed by atoms with E-state index in [4.69, 9.17) is 16.3 Å². The maximum Gasteiger partial charge on any atom is 0.316 e. The topological polar surface area (TPSA) is 87.5 Å². The molecule has 0 bridgehead atoms. The average Bonchev–Trinajstić information content (AvgIpc) is 3.14. The molecule has 0 saturated carbocycles. The van der Waals surface area contributed by atoms with E-state index in [-0.39, 0.29) is 5.92 Å². The van der Waals surface area contributed by atoms with Crippen molar-refractivity contribution in [2.75, 3.05) is 7.11 Å². The number of benzene rings is 1. The van der Waals surface area contributed by atoms with E-state index < -0.39 is 0 Å². The number of aromatic amines is 1. The van der Waals surface area contributed by atoms with Crippen LogP contribution in [0.3, 0.4) is 0 Å². The summed E-state index contributed by atoms with van der Waals surface area (Å²) < 4.78 is 5.08. The molecule has 0 aliphatic heterocycles. The lowest BCUT2D eigenvalue weighted by molar-refractivity contribution is 0.377. The normalized spacial score (nSPS) is 11.7. The van der Waals surface area contributed by atoms with E-state index in [1.54, 1.807) is 24.8 Å². The second-order valence-corrected chi connectivity index (χ2v) is 5.52. The van der Waals surface area contributed by atoms with Gasteiger partial charge in [0.25, 0.3) is 0 Å². The molecular weight excluding hydrogens is 326 g/mol. The average molecular weight is 340 g/mol. The number of hydrogen-bond donors (Lipinski definition) is 1. The zero-order chi connectivity index (χ0) is 16.9. The number of hydrogen-bond acceptors (Lipinski definition) is 5. The molecule has 120 valence electrons. The van der Waals surface area contributed by atoms with Crippen LogP contribution in [-0.4, -0.2) is 27.0 Å². The Hall–Kier alpha value is -2.91. The summed E-state index contributed by atoms with van der Waals surface area (Å²) >= 11 is 6.19. The highest BCUT2D eigenvalue weighted by Gasteiger charge is 2.22. The van der Waals surface area contributed by atoms with E-state index in [9.17, 15) is 5.26 Å². The number of nitrogens with zero attached hydrogens (tertiary/aromatic N) is 4. The molecule has 24 heavy (non-hydrogen) atoms. The molecule has 7 heteroatoms. The van der Waals surface area contributed by atoms with Crippen molar-refractivity contribution in [1.82, 2.24) is 19.9 Å². The summed E-state index contributed by atoms with van der Waals surface area (Å²) in [7, 11) is 1.52. The Kier molecular flexibility index (Phi) is 4.73. The molecule has 0 radical (unpaired) electrons. The highest BCUT2D eigenvalue weighted by Crippen LogP contribution is 2.32. The maximum atomic E-state index is 9.49. The molecule has 0 aliphatic rings. The molecule has 1 unspecified atom stereocenters. The van der Waals surface area contributed by atoms with Crippen molar-refractivity contribution in [3.05, 3.63) is 70.5 Å². The first-order chi connectivity index (χ1) is 11.7. The molecular formula is C17H14ClN5O. The highest BCUT2D eigenvalue weighted by molar-refractivity contribution is 6.31. The third-order valence-electron chi connectivity index (χ3n) is 3.71. The zero-order valence-corrected chi connectivity index (χ0v) is 13.7. The van der Waals surface area contributed by atoms with Crippen LogP contribution in [0.2, 0.25) is 5.02 Å². The van der Waals surface area contributed by atoms with Gasteiger partial charge in [-0.1, -0.05) is 23.7 Å². The van der Waals surface area contributed by atoms with E-state index in [0.717, 1.165) is 17.0 Å². The van der Waals surface area contributed by atoms with Crippen LogP contribution in [-0.2, 0) is 6.42 Å². The molecule has 0 aliphatic carbocycles. The quantitative estimate of drug-likeness (QED) is 0.771. The van der Waals surface area contributed by atoms with Gasteiger partial charge in [0.15, 0.2) is 0 Å². The van der Waals surface area contributed by atoms with Crippen LogP contribution in [0.5, 0.6) is 6.01 Å². The fourth-order valence-electron chi connectivity index (χ4n) is 2.59. The van der Waals surface area contributed by atoms with Gasteiger partial charge in [0.05, 0.1) is 24.0 Å². The minimum atomic E-state index is -0.138. The summed E-state index contributed by atoms with van der Waals surface area (Å²) in [6, 6.07) is 9.76. The van der Waals surface area contributed by atoms with Gasteiger partial charge in [-0.05, 0) is 17.7 Å². The summed E-state index contributed by atoms with van der Waals surface area (Å²) in [4.78, 5) is 15.6. The summed E-state index contributed by atoms with van der Waals surface area (Å²) in [6.45, 7) is 0. The van der Waals surface area contributed by atoms with Crippen molar-refractivity contribution in [1.29, 1.82) is 5.26 Å². The number of halogens is 1. The summed E-state index contributed by atoms with van der Waals surface area (Å²) in [5.74, 6) is -0.138. The number of H-pyrrole nitrogens is 1. The number of ether oxygens (including phenoxy) is 1. The SMILES string of the molecule is COc1nccc(CC(c2cnc[nH]2)c2cccc(Cl)c2C#N)n1. The molecule has 1 atom stereocenters. The number of nitrogens with one attached hydrogen (secondary N) is 1. The Labute approximate surface area is 144 Å². The molecule has 0 amide bonds. The third-order valence-corrected chi connectivity index (χ3v) is 4.03. The van der Waals surface area contributed by atoms with E-state index in [2.05, 4.69) is 26.0 Å². The first kappa shape index (κ1) is 16.0. The molecule has 3 aromatic rings. The molecule has 1 N–H and O–H groups in total. The lowest BCUT2D eigenvalue weighted by Crippen LogP contribution is -2.09. The van der Waals surface area contributed by atoms with Gasteiger partial charge in [-0.15, -0.1) is 0 Å². The number of nitriles is 1. The standard InChI is InChI=1S/C17H14ClN5O/c1-24-17-21-6-5-11(23-17)7-13(16-9-20-10-22-16)12-3-2-4-15(18)14(12)8-19/h2-6,9-10,13H,7H2,1H3,(H,20,22).